The highest BCUT2D eigenvalue weighted by molar-refractivity contribution is 5.48. The molecule has 0 unspecified atom stereocenters. The Morgan fingerprint density at radius 2 is 1.71 bits per heavy atom. The molecule has 0 fully saturated rings. The second kappa shape index (κ2) is 9.41. The Labute approximate surface area is 165 Å². The topological polar surface area (TPSA) is 74.1 Å². The van der Waals surface area contributed by atoms with Crippen molar-refractivity contribution in [2.24, 2.45) is 0 Å². The second-order valence-corrected chi connectivity index (χ2v) is 6.81. The van der Waals surface area contributed by atoms with E-state index in [0.29, 0.717) is 12.4 Å². The molecule has 7 nitrogen and oxygen atoms in total. The van der Waals surface area contributed by atoms with Crippen molar-refractivity contribution in [2.45, 2.75) is 25.8 Å². The molecule has 0 saturated carbocycles. The lowest BCUT2D eigenvalue weighted by Gasteiger charge is -2.29. The fraction of sp³-hybridized carbons (Fsp3) is 0.429. The molecule has 0 atom stereocenters. The number of unbranched alkanes of at least 4 members (excludes halogenated alkanes) is 1. The van der Waals surface area contributed by atoms with Crippen LogP contribution < -0.4 is 14.2 Å². The summed E-state index contributed by atoms with van der Waals surface area (Å²) in [6.07, 6.45) is 2.98. The van der Waals surface area contributed by atoms with Crippen molar-refractivity contribution in [1.82, 2.24) is 4.90 Å². The number of non-ortho nitro benzene ring substituents is 1. The van der Waals surface area contributed by atoms with Gasteiger partial charge >= 0.3 is 0 Å². The van der Waals surface area contributed by atoms with Gasteiger partial charge in [-0.3, -0.25) is 15.0 Å². The summed E-state index contributed by atoms with van der Waals surface area (Å²) in [4.78, 5) is 12.7. The third-order valence-electron chi connectivity index (χ3n) is 4.98. The number of nitro benzene ring substituents is 1. The van der Waals surface area contributed by atoms with Crippen molar-refractivity contribution >= 4 is 5.69 Å². The predicted molar refractivity (Wildman–Crippen MR) is 106 cm³/mol. The van der Waals surface area contributed by atoms with E-state index in [0.717, 1.165) is 50.4 Å². The summed E-state index contributed by atoms with van der Waals surface area (Å²) in [7, 11) is 3.33. The van der Waals surface area contributed by atoms with Crippen LogP contribution in [0.3, 0.4) is 0 Å². The van der Waals surface area contributed by atoms with Crippen LogP contribution in [0, 0.1) is 10.1 Å². The van der Waals surface area contributed by atoms with Crippen LogP contribution in [0.15, 0.2) is 36.4 Å². The number of hydrogen-bond donors (Lipinski definition) is 0. The Morgan fingerprint density at radius 3 is 2.36 bits per heavy atom. The number of hydrogen-bond acceptors (Lipinski definition) is 6. The molecule has 150 valence electrons. The van der Waals surface area contributed by atoms with Crippen LogP contribution in [0.4, 0.5) is 5.69 Å². The summed E-state index contributed by atoms with van der Waals surface area (Å²) in [5, 5.41) is 10.7. The van der Waals surface area contributed by atoms with Gasteiger partial charge in [-0.15, -0.1) is 0 Å². The summed E-state index contributed by atoms with van der Waals surface area (Å²) in [5.41, 5.74) is 2.70. The largest absolute Gasteiger partial charge is 0.494 e. The molecule has 0 saturated heterocycles. The summed E-state index contributed by atoms with van der Waals surface area (Å²) in [6.45, 7) is 3.56. The molecule has 28 heavy (non-hydrogen) atoms. The van der Waals surface area contributed by atoms with Crippen LogP contribution in [0.25, 0.3) is 0 Å². The number of benzene rings is 2. The van der Waals surface area contributed by atoms with Crippen LogP contribution >= 0.6 is 0 Å². The Kier molecular flexibility index (Phi) is 6.71. The van der Waals surface area contributed by atoms with Gasteiger partial charge in [0.15, 0.2) is 11.5 Å². The Balaban J connectivity index is 1.42. The second-order valence-electron chi connectivity index (χ2n) is 6.81. The monoisotopic (exact) mass is 386 g/mol. The van der Waals surface area contributed by atoms with E-state index in [1.165, 1.54) is 23.3 Å². The van der Waals surface area contributed by atoms with E-state index in [2.05, 4.69) is 17.0 Å². The molecule has 1 aliphatic rings. The highest BCUT2D eigenvalue weighted by Gasteiger charge is 2.19. The van der Waals surface area contributed by atoms with Gasteiger partial charge in [-0.05, 0) is 61.2 Å². The Hall–Kier alpha value is -2.80. The van der Waals surface area contributed by atoms with Crippen LogP contribution in [-0.2, 0) is 13.0 Å². The van der Waals surface area contributed by atoms with E-state index >= 15 is 0 Å². The zero-order valence-electron chi connectivity index (χ0n) is 16.3. The Bertz CT molecular complexity index is 807. The SMILES string of the molecule is COc1cc2c(cc1OC)CN(CCCCOc1ccc([N+](=O)[O-])cc1)CC2. The fourth-order valence-electron chi connectivity index (χ4n) is 3.42. The van der Waals surface area contributed by atoms with Crippen LogP contribution in [0.2, 0.25) is 0 Å². The van der Waals surface area contributed by atoms with Gasteiger partial charge < -0.3 is 14.2 Å². The van der Waals surface area contributed by atoms with Gasteiger partial charge in [-0.2, -0.15) is 0 Å². The van der Waals surface area contributed by atoms with E-state index in [-0.39, 0.29) is 5.69 Å². The fourth-order valence-corrected chi connectivity index (χ4v) is 3.42. The average molecular weight is 386 g/mol. The van der Waals surface area contributed by atoms with E-state index in [1.807, 2.05) is 0 Å². The molecule has 0 spiro atoms. The van der Waals surface area contributed by atoms with Gasteiger partial charge in [0.25, 0.3) is 5.69 Å². The van der Waals surface area contributed by atoms with Gasteiger partial charge in [0.2, 0.25) is 0 Å². The molecule has 7 heteroatoms. The standard InChI is InChI=1S/C21H26N2O5/c1-26-20-13-16-9-11-22(15-17(16)14-21(20)27-2)10-3-4-12-28-19-7-5-18(6-8-19)23(24)25/h5-8,13-14H,3-4,9-12,15H2,1-2H3. The zero-order valence-corrected chi connectivity index (χ0v) is 16.3. The van der Waals surface area contributed by atoms with E-state index in [1.54, 1.807) is 26.4 Å². The lowest BCUT2D eigenvalue weighted by molar-refractivity contribution is -0.384. The smallest absolute Gasteiger partial charge is 0.269 e. The summed E-state index contributed by atoms with van der Waals surface area (Å²) in [6, 6.07) is 10.4. The molecule has 0 amide bonds. The quantitative estimate of drug-likeness (QED) is 0.370. The summed E-state index contributed by atoms with van der Waals surface area (Å²) in [5.74, 6) is 2.23. The summed E-state index contributed by atoms with van der Waals surface area (Å²) < 4.78 is 16.5. The minimum Gasteiger partial charge on any atom is -0.494 e. The highest BCUT2D eigenvalue weighted by atomic mass is 16.6. The molecule has 0 bridgehead atoms. The van der Waals surface area contributed by atoms with Crippen molar-refractivity contribution in [3.05, 3.63) is 57.6 Å². The number of nitro groups is 1. The number of methoxy groups -OCH3 is 2. The molecule has 0 aromatic heterocycles. The molecule has 2 aromatic carbocycles. The van der Waals surface area contributed by atoms with Crippen LogP contribution in [-0.4, -0.2) is 43.7 Å². The van der Waals surface area contributed by atoms with Crippen LogP contribution in [0.1, 0.15) is 24.0 Å². The van der Waals surface area contributed by atoms with Crippen LogP contribution in [0.5, 0.6) is 17.2 Å². The minimum absolute atomic E-state index is 0.0759. The molecule has 0 aliphatic carbocycles. The van der Waals surface area contributed by atoms with Gasteiger partial charge in [0, 0.05) is 25.2 Å². The number of nitrogens with zero attached hydrogens (tertiary/aromatic N) is 2. The maximum Gasteiger partial charge on any atom is 0.269 e. The number of ether oxygens (including phenoxy) is 3. The van der Waals surface area contributed by atoms with Crippen molar-refractivity contribution in [2.75, 3.05) is 33.9 Å². The van der Waals surface area contributed by atoms with Gasteiger partial charge in [0.05, 0.1) is 25.7 Å². The maximum absolute atomic E-state index is 10.7. The first-order valence-electron chi connectivity index (χ1n) is 9.44. The third-order valence-corrected chi connectivity index (χ3v) is 4.98. The van der Waals surface area contributed by atoms with Gasteiger partial charge in [-0.25, -0.2) is 0 Å². The Morgan fingerprint density at radius 1 is 1.04 bits per heavy atom. The first-order chi connectivity index (χ1) is 13.6. The average Bonchev–Trinajstić information content (AvgIpc) is 2.72. The number of rotatable bonds is 9. The third kappa shape index (κ3) is 4.92. The molecule has 0 radical (unpaired) electrons. The molecular formula is C21H26N2O5. The molecule has 2 aromatic rings. The first kappa shape index (κ1) is 19.9. The lowest BCUT2D eigenvalue weighted by atomic mass is 9.98. The van der Waals surface area contributed by atoms with Crippen molar-refractivity contribution < 1.29 is 19.1 Å². The number of fused-ring (bicyclic) bond motifs is 1. The highest BCUT2D eigenvalue weighted by Crippen LogP contribution is 2.33. The van der Waals surface area contributed by atoms with Crippen molar-refractivity contribution in [3.8, 4) is 17.2 Å². The van der Waals surface area contributed by atoms with Gasteiger partial charge in [0.1, 0.15) is 5.75 Å². The molecule has 3 rings (SSSR count). The van der Waals surface area contributed by atoms with Crippen molar-refractivity contribution in [1.29, 1.82) is 0 Å². The van der Waals surface area contributed by atoms with Crippen molar-refractivity contribution in [3.63, 3.8) is 0 Å². The van der Waals surface area contributed by atoms with Gasteiger partial charge in [-0.1, -0.05) is 0 Å². The maximum atomic E-state index is 10.7. The molecule has 1 aliphatic heterocycles. The zero-order chi connectivity index (χ0) is 19.9. The summed E-state index contributed by atoms with van der Waals surface area (Å²) >= 11 is 0. The minimum atomic E-state index is -0.411. The predicted octanol–water partition coefficient (Wildman–Crippen LogP) is 3.83. The lowest BCUT2D eigenvalue weighted by Crippen LogP contribution is -2.31. The van der Waals surface area contributed by atoms with E-state index in [9.17, 15) is 10.1 Å². The first-order valence-corrected chi connectivity index (χ1v) is 9.44. The normalized spacial score (nSPS) is 13.6. The van der Waals surface area contributed by atoms with E-state index in [4.69, 9.17) is 14.2 Å². The molecule has 1 heterocycles. The molecule has 0 N–H and O–H groups in total. The van der Waals surface area contributed by atoms with E-state index < -0.39 is 4.92 Å². The molecular weight excluding hydrogens is 360 g/mol.